The monoisotopic (exact) mass is 731 g/mol. The third-order valence-electron chi connectivity index (χ3n) is 9.84. The van der Waals surface area contributed by atoms with Gasteiger partial charge >= 0.3 is 12.1 Å². The molecule has 3 aliphatic rings. The second-order valence-electron chi connectivity index (χ2n) is 15.2. The number of hydrogen-bond acceptors (Lipinski definition) is 7. The van der Waals surface area contributed by atoms with Gasteiger partial charge in [0.05, 0.1) is 35.7 Å². The number of piperazine rings is 1. The van der Waals surface area contributed by atoms with E-state index in [1.807, 2.05) is 25.7 Å². The Hall–Kier alpha value is -2.46. The van der Waals surface area contributed by atoms with Crippen molar-refractivity contribution in [3.63, 3.8) is 0 Å². The molecule has 1 amide bonds. The van der Waals surface area contributed by atoms with Gasteiger partial charge in [0.25, 0.3) is 0 Å². The number of rotatable bonds is 14. The number of fused-ring (bicyclic) bond motifs is 3. The van der Waals surface area contributed by atoms with Gasteiger partial charge in [-0.25, -0.2) is 4.79 Å². The van der Waals surface area contributed by atoms with Crippen molar-refractivity contribution in [2.75, 3.05) is 24.6 Å². The van der Waals surface area contributed by atoms with E-state index in [2.05, 4.69) is 74.5 Å². The van der Waals surface area contributed by atoms with Crippen LogP contribution in [0.5, 0.6) is 6.01 Å². The Morgan fingerprint density at radius 3 is 2.27 bits per heavy atom. The van der Waals surface area contributed by atoms with Crippen LogP contribution in [0.25, 0.3) is 11.6 Å². The second kappa shape index (κ2) is 17.5. The molecule has 10 heteroatoms. The predicted octanol–water partition coefficient (Wildman–Crippen LogP) is 9.18. The van der Waals surface area contributed by atoms with Crippen LogP contribution in [-0.2, 0) is 4.74 Å². The number of carbonyl (C=O) groups excluding carboxylic acids is 1. The first-order valence-corrected chi connectivity index (χ1v) is 19.1. The molecule has 0 radical (unpaired) electrons. The summed E-state index contributed by atoms with van der Waals surface area (Å²) in [5, 5.41) is 0. The number of aliphatic imine (C=N–C) groups is 1. The van der Waals surface area contributed by atoms with Crippen molar-refractivity contribution in [3.05, 3.63) is 21.8 Å². The molecule has 270 valence electrons. The highest BCUT2D eigenvalue weighted by atomic mass is 79.9. The van der Waals surface area contributed by atoms with Crippen LogP contribution in [0, 0.1) is 5.41 Å². The van der Waals surface area contributed by atoms with Crippen molar-refractivity contribution in [2.45, 2.75) is 157 Å². The molecule has 3 heterocycles. The molecule has 1 aliphatic carbocycles. The molecule has 2 aliphatic heterocycles. The van der Waals surface area contributed by atoms with Gasteiger partial charge in [0.15, 0.2) is 0 Å². The number of hydrogen-bond donors (Lipinski definition) is 0. The molecule has 4 atom stereocenters. The maximum absolute atomic E-state index is 13.3. The summed E-state index contributed by atoms with van der Waals surface area (Å²) < 4.78 is 13.3. The topological polar surface area (TPSA) is 112 Å². The molecule has 0 spiro atoms. The Labute approximate surface area is 298 Å². The molecular formula is C38H62BrN5O4. The van der Waals surface area contributed by atoms with Gasteiger partial charge in [-0.3, -0.25) is 9.89 Å². The Kier molecular flexibility index (Phi) is 14.5. The van der Waals surface area contributed by atoms with Crippen LogP contribution in [-0.4, -0.2) is 75.6 Å². The van der Waals surface area contributed by atoms with E-state index in [1.165, 1.54) is 38.5 Å². The number of anilines is 1. The number of ether oxygens (including phenoxy) is 2. The van der Waals surface area contributed by atoms with Gasteiger partial charge in [-0.05, 0) is 88.7 Å². The van der Waals surface area contributed by atoms with E-state index < -0.39 is 5.60 Å². The second-order valence-corrected chi connectivity index (χ2v) is 16.1. The largest absolute Gasteiger partial charge is 0.463 e. The van der Waals surface area contributed by atoms with E-state index in [0.29, 0.717) is 25.7 Å². The normalized spacial score (nSPS) is 22.6. The van der Waals surface area contributed by atoms with E-state index in [-0.39, 0.29) is 35.1 Å². The van der Waals surface area contributed by atoms with Gasteiger partial charge in [-0.1, -0.05) is 72.3 Å². The molecule has 0 aromatic carbocycles. The number of aromatic nitrogens is 2. The summed E-state index contributed by atoms with van der Waals surface area (Å²) in [7, 11) is 0. The van der Waals surface area contributed by atoms with Gasteiger partial charge in [0.1, 0.15) is 11.4 Å². The molecule has 1 aromatic heterocycles. The molecule has 2 saturated heterocycles. The fourth-order valence-corrected chi connectivity index (χ4v) is 7.57. The SMILES string of the molecule is C/C=C1\C(=NC(C)CC)C(Br)=Cc2nc(OCC(C)(CCCC)CCCCCC)nc(N3CC4CCC(C3)N4C(=O)OC(C)(C)C)c21.O. The van der Waals surface area contributed by atoms with Crippen LogP contribution >= 0.6 is 15.9 Å². The number of allylic oxidation sites excluding steroid dienone is 3. The third-order valence-corrected chi connectivity index (χ3v) is 10.4. The molecule has 0 saturated carbocycles. The van der Waals surface area contributed by atoms with Crippen molar-refractivity contribution in [3.8, 4) is 6.01 Å². The summed E-state index contributed by atoms with van der Waals surface area (Å²) in [5.74, 6) is 0.866. The standard InChI is InChI=1S/C38H60BrN5O3.H2O/c1-10-14-16-17-21-38(9,20-15-11-2)25-46-35-41-31-22-30(39)33(40-26(5)12-3)29(13-4)32(31)34(42-35)43-23-27-18-19-28(24-43)44(27)36(45)47-37(6,7)8;/h13,22,26-28H,10-12,14-21,23-25H2,1-9H3;1H2/b29-13-,40-33?;. The van der Waals surface area contributed by atoms with Crippen LogP contribution in [0.2, 0.25) is 0 Å². The average molecular weight is 733 g/mol. The zero-order valence-electron chi connectivity index (χ0n) is 31.1. The lowest BCUT2D eigenvalue weighted by molar-refractivity contribution is 0.0122. The minimum atomic E-state index is -0.529. The van der Waals surface area contributed by atoms with Gasteiger partial charge in [0.2, 0.25) is 0 Å². The Bertz CT molecular complexity index is 1320. The lowest BCUT2D eigenvalue weighted by Gasteiger charge is -2.42. The van der Waals surface area contributed by atoms with Crippen LogP contribution in [0.4, 0.5) is 10.6 Å². The predicted molar refractivity (Wildman–Crippen MR) is 202 cm³/mol. The van der Waals surface area contributed by atoms with Crippen molar-refractivity contribution in [1.29, 1.82) is 0 Å². The molecule has 2 fully saturated rings. The quantitative estimate of drug-likeness (QED) is 0.176. The zero-order valence-corrected chi connectivity index (χ0v) is 32.7. The lowest BCUT2D eigenvalue weighted by atomic mass is 9.81. The first kappa shape index (κ1) is 40.0. The number of nitrogens with zero attached hydrogens (tertiary/aromatic N) is 5. The van der Waals surface area contributed by atoms with Gasteiger partial charge in [-0.2, -0.15) is 9.97 Å². The van der Waals surface area contributed by atoms with E-state index in [9.17, 15) is 4.79 Å². The van der Waals surface area contributed by atoms with E-state index in [0.717, 1.165) is 64.9 Å². The fourth-order valence-electron chi connectivity index (χ4n) is 7.04. The summed E-state index contributed by atoms with van der Waals surface area (Å²) >= 11 is 3.84. The number of unbranched alkanes of at least 4 members (excludes halogenated alkanes) is 4. The van der Waals surface area contributed by atoms with Crippen LogP contribution in [0.15, 0.2) is 15.6 Å². The minimum Gasteiger partial charge on any atom is -0.463 e. The maximum Gasteiger partial charge on any atom is 0.410 e. The lowest BCUT2D eigenvalue weighted by Crippen LogP contribution is -2.57. The van der Waals surface area contributed by atoms with Crippen LogP contribution in [0.3, 0.4) is 0 Å². The highest BCUT2D eigenvalue weighted by Crippen LogP contribution is 2.42. The molecule has 1 aromatic rings. The first-order valence-electron chi connectivity index (χ1n) is 18.3. The summed E-state index contributed by atoms with van der Waals surface area (Å²) in [6.07, 6.45) is 16.5. The van der Waals surface area contributed by atoms with Crippen LogP contribution in [0.1, 0.15) is 144 Å². The van der Waals surface area contributed by atoms with Gasteiger partial charge in [0, 0.05) is 34.6 Å². The number of carbonyl (C=O) groups is 1. The Balaban J connectivity index is 0.00000625. The summed E-state index contributed by atoms with van der Waals surface area (Å²) in [6, 6.07) is 0.728. The Morgan fingerprint density at radius 2 is 1.69 bits per heavy atom. The molecular weight excluding hydrogens is 670 g/mol. The van der Waals surface area contributed by atoms with Crippen molar-refractivity contribution in [1.82, 2.24) is 14.9 Å². The highest BCUT2D eigenvalue weighted by molar-refractivity contribution is 9.12. The molecule has 9 nitrogen and oxygen atoms in total. The van der Waals surface area contributed by atoms with E-state index >= 15 is 0 Å². The summed E-state index contributed by atoms with van der Waals surface area (Å²) in [6.45, 7) is 21.0. The van der Waals surface area contributed by atoms with E-state index in [1.54, 1.807) is 0 Å². The van der Waals surface area contributed by atoms with Gasteiger partial charge < -0.3 is 19.8 Å². The van der Waals surface area contributed by atoms with Crippen LogP contribution < -0.4 is 9.64 Å². The summed E-state index contributed by atoms with van der Waals surface area (Å²) in [4.78, 5) is 33.0. The minimum absolute atomic E-state index is 0. The molecule has 2 N–H and O–H groups in total. The maximum atomic E-state index is 13.3. The summed E-state index contributed by atoms with van der Waals surface area (Å²) in [5.41, 5.74) is 3.34. The fraction of sp³-hybridized carbons (Fsp3) is 0.737. The van der Waals surface area contributed by atoms with Crippen molar-refractivity contribution < 1.29 is 19.7 Å². The number of halogens is 1. The first-order chi connectivity index (χ1) is 22.3. The van der Waals surface area contributed by atoms with Crippen molar-refractivity contribution in [2.24, 2.45) is 10.4 Å². The molecule has 4 rings (SSSR count). The third kappa shape index (κ3) is 9.83. The molecule has 4 unspecified atom stereocenters. The molecule has 2 bridgehead atoms. The van der Waals surface area contributed by atoms with E-state index in [4.69, 9.17) is 24.4 Å². The number of amides is 1. The Morgan fingerprint density at radius 1 is 1.04 bits per heavy atom. The highest BCUT2D eigenvalue weighted by Gasteiger charge is 2.45. The smallest absolute Gasteiger partial charge is 0.410 e. The van der Waals surface area contributed by atoms with Gasteiger partial charge in [-0.15, -0.1) is 0 Å². The zero-order chi connectivity index (χ0) is 34.4. The molecule has 48 heavy (non-hydrogen) atoms. The average Bonchev–Trinajstić information content (AvgIpc) is 3.29. The van der Waals surface area contributed by atoms with Crippen molar-refractivity contribution >= 4 is 45.2 Å².